The molecule has 1 aliphatic rings. The Hall–Kier alpha value is -2.94. The first-order chi connectivity index (χ1) is 12.4. The summed E-state index contributed by atoms with van der Waals surface area (Å²) in [6.45, 7) is -0.247. The summed E-state index contributed by atoms with van der Waals surface area (Å²) >= 11 is 0. The molecule has 0 bridgehead atoms. The minimum absolute atomic E-state index is 0.0283. The number of hydroxylamine groups is 1. The van der Waals surface area contributed by atoms with Crippen LogP contribution in [0.2, 0.25) is 0 Å². The predicted octanol–water partition coefficient (Wildman–Crippen LogP) is 3.23. The summed E-state index contributed by atoms with van der Waals surface area (Å²) in [4.78, 5) is 11.1. The van der Waals surface area contributed by atoms with Gasteiger partial charge in [0.2, 0.25) is 0 Å². The van der Waals surface area contributed by atoms with E-state index in [9.17, 15) is 18.0 Å². The van der Waals surface area contributed by atoms with Crippen molar-refractivity contribution in [3.05, 3.63) is 59.2 Å². The molecule has 9 heteroatoms. The lowest BCUT2D eigenvalue weighted by Gasteiger charge is -2.14. The molecule has 3 rings (SSSR count). The molecule has 2 aromatic carbocycles. The third-order valence-corrected chi connectivity index (χ3v) is 3.82. The van der Waals surface area contributed by atoms with Crippen LogP contribution in [0.4, 0.5) is 18.0 Å². The maximum Gasteiger partial charge on any atom is 0.416 e. The molecule has 0 fully saturated rings. The minimum Gasteiger partial charge on any atom is -0.489 e. The van der Waals surface area contributed by atoms with E-state index in [0.717, 1.165) is 11.6 Å². The number of amides is 2. The number of ether oxygens (including phenoxy) is 2. The highest BCUT2D eigenvalue weighted by molar-refractivity contribution is 5.72. The van der Waals surface area contributed by atoms with Gasteiger partial charge in [0.15, 0.2) is 6.23 Å². The SMILES string of the molecule is O=C(NO)NC1Cc2ccc(OCc3ccccc3C(F)(F)F)cc2O1. The quantitative estimate of drug-likeness (QED) is 0.572. The average Bonchev–Trinajstić information content (AvgIpc) is 3.00. The van der Waals surface area contributed by atoms with Crippen LogP contribution < -0.4 is 20.3 Å². The van der Waals surface area contributed by atoms with Gasteiger partial charge in [0.05, 0.1) is 5.56 Å². The van der Waals surface area contributed by atoms with E-state index in [-0.39, 0.29) is 12.2 Å². The number of alkyl halides is 3. The van der Waals surface area contributed by atoms with Crippen LogP contribution in [0, 0.1) is 0 Å². The summed E-state index contributed by atoms with van der Waals surface area (Å²) in [6.07, 6.45) is -4.72. The second-order valence-corrected chi connectivity index (χ2v) is 5.61. The first-order valence-corrected chi connectivity index (χ1v) is 7.65. The van der Waals surface area contributed by atoms with Gasteiger partial charge in [-0.2, -0.15) is 13.2 Å². The number of benzene rings is 2. The van der Waals surface area contributed by atoms with E-state index >= 15 is 0 Å². The summed E-state index contributed by atoms with van der Waals surface area (Å²) in [5.41, 5.74) is 1.53. The largest absolute Gasteiger partial charge is 0.489 e. The van der Waals surface area contributed by atoms with Crippen LogP contribution in [0.25, 0.3) is 0 Å². The number of rotatable bonds is 4. The molecule has 26 heavy (non-hydrogen) atoms. The molecule has 1 atom stereocenters. The molecule has 0 aromatic heterocycles. The van der Waals surface area contributed by atoms with E-state index in [4.69, 9.17) is 14.7 Å². The van der Waals surface area contributed by atoms with E-state index in [2.05, 4.69) is 5.32 Å². The molecule has 0 aliphatic carbocycles. The second-order valence-electron chi connectivity index (χ2n) is 5.61. The van der Waals surface area contributed by atoms with Crippen LogP contribution in [0.5, 0.6) is 11.5 Å². The monoisotopic (exact) mass is 368 g/mol. The fourth-order valence-electron chi connectivity index (χ4n) is 2.64. The van der Waals surface area contributed by atoms with Crippen molar-refractivity contribution in [2.24, 2.45) is 0 Å². The predicted molar refractivity (Wildman–Crippen MR) is 83.8 cm³/mol. The first kappa shape index (κ1) is 17.9. The zero-order chi connectivity index (χ0) is 18.7. The third-order valence-electron chi connectivity index (χ3n) is 3.82. The maximum atomic E-state index is 13.0. The summed E-state index contributed by atoms with van der Waals surface area (Å²) in [5, 5.41) is 10.9. The van der Waals surface area contributed by atoms with Crippen molar-refractivity contribution in [1.29, 1.82) is 0 Å². The van der Waals surface area contributed by atoms with Crippen LogP contribution >= 0.6 is 0 Å². The molecule has 1 heterocycles. The number of fused-ring (bicyclic) bond motifs is 1. The fourth-order valence-corrected chi connectivity index (χ4v) is 2.64. The Morgan fingerprint density at radius 2 is 2.04 bits per heavy atom. The zero-order valence-corrected chi connectivity index (χ0v) is 13.3. The van der Waals surface area contributed by atoms with Gasteiger partial charge in [-0.3, -0.25) is 5.21 Å². The number of carbonyl (C=O) groups is 1. The molecular weight excluding hydrogens is 353 g/mol. The fraction of sp³-hybridized carbons (Fsp3) is 0.235. The van der Waals surface area contributed by atoms with Crippen LogP contribution in [-0.4, -0.2) is 17.5 Å². The lowest BCUT2D eigenvalue weighted by molar-refractivity contribution is -0.138. The highest BCUT2D eigenvalue weighted by Crippen LogP contribution is 2.34. The highest BCUT2D eigenvalue weighted by atomic mass is 19.4. The number of carbonyl (C=O) groups excluding carboxylic acids is 1. The molecule has 2 amide bonds. The number of hydrogen-bond acceptors (Lipinski definition) is 4. The third kappa shape index (κ3) is 3.99. The Labute approximate surface area is 146 Å². The van der Waals surface area contributed by atoms with Gasteiger partial charge in [-0.1, -0.05) is 24.3 Å². The number of hydrogen-bond donors (Lipinski definition) is 3. The summed E-state index contributed by atoms with van der Waals surface area (Å²) in [5.74, 6) is 0.794. The Kier molecular flexibility index (Phi) is 4.90. The Morgan fingerprint density at radius 1 is 1.27 bits per heavy atom. The molecule has 0 saturated heterocycles. The topological polar surface area (TPSA) is 79.8 Å². The molecule has 138 valence electrons. The molecule has 1 aliphatic heterocycles. The second kappa shape index (κ2) is 7.12. The standard InChI is InChI=1S/C17H15F3N2O4/c18-17(19,20)13-4-2-1-3-11(13)9-25-12-6-5-10-7-15(21-16(23)22-24)26-14(10)8-12/h1-6,8,15,24H,7,9H2,(H2,21,22,23). The van der Waals surface area contributed by atoms with Crippen LogP contribution in [0.3, 0.4) is 0 Å². The van der Waals surface area contributed by atoms with Crippen LogP contribution in [-0.2, 0) is 19.2 Å². The molecule has 0 saturated carbocycles. The van der Waals surface area contributed by atoms with Gasteiger partial charge in [0, 0.05) is 23.6 Å². The van der Waals surface area contributed by atoms with Gasteiger partial charge < -0.3 is 14.8 Å². The van der Waals surface area contributed by atoms with Gasteiger partial charge >= 0.3 is 12.2 Å². The smallest absolute Gasteiger partial charge is 0.416 e. The summed E-state index contributed by atoms with van der Waals surface area (Å²) in [7, 11) is 0. The van der Waals surface area contributed by atoms with Crippen molar-refractivity contribution in [3.63, 3.8) is 0 Å². The number of halogens is 3. The Bertz CT molecular complexity index is 811. The molecule has 0 spiro atoms. The van der Waals surface area contributed by atoms with Gasteiger partial charge in [-0.25, -0.2) is 10.3 Å². The van der Waals surface area contributed by atoms with Crippen molar-refractivity contribution < 1.29 is 32.6 Å². The first-order valence-electron chi connectivity index (χ1n) is 7.65. The van der Waals surface area contributed by atoms with Crippen molar-refractivity contribution in [1.82, 2.24) is 10.8 Å². The molecular formula is C17H15F3N2O4. The average molecular weight is 368 g/mol. The van der Waals surface area contributed by atoms with Crippen LogP contribution in [0.1, 0.15) is 16.7 Å². The molecule has 6 nitrogen and oxygen atoms in total. The number of nitrogens with one attached hydrogen (secondary N) is 2. The zero-order valence-electron chi connectivity index (χ0n) is 13.3. The molecule has 3 N–H and O–H groups in total. The summed E-state index contributed by atoms with van der Waals surface area (Å²) in [6, 6.07) is 9.28. The summed E-state index contributed by atoms with van der Waals surface area (Å²) < 4.78 is 50.0. The van der Waals surface area contributed by atoms with Crippen molar-refractivity contribution in [2.75, 3.05) is 0 Å². The van der Waals surface area contributed by atoms with E-state index in [0.29, 0.717) is 17.9 Å². The Balaban J connectivity index is 1.67. The van der Waals surface area contributed by atoms with E-state index in [1.807, 2.05) is 0 Å². The molecule has 1 unspecified atom stereocenters. The van der Waals surface area contributed by atoms with E-state index in [1.54, 1.807) is 18.2 Å². The van der Waals surface area contributed by atoms with Crippen molar-refractivity contribution in [2.45, 2.75) is 25.4 Å². The van der Waals surface area contributed by atoms with Gasteiger partial charge in [-0.15, -0.1) is 0 Å². The normalized spacial score (nSPS) is 15.8. The van der Waals surface area contributed by atoms with Gasteiger partial charge in [-0.05, 0) is 12.1 Å². The Morgan fingerprint density at radius 3 is 2.77 bits per heavy atom. The number of urea groups is 1. The van der Waals surface area contributed by atoms with Crippen molar-refractivity contribution in [3.8, 4) is 11.5 Å². The van der Waals surface area contributed by atoms with E-state index in [1.165, 1.54) is 23.7 Å². The minimum atomic E-state index is -4.45. The highest BCUT2D eigenvalue weighted by Gasteiger charge is 2.33. The van der Waals surface area contributed by atoms with Gasteiger partial charge in [0.1, 0.15) is 18.1 Å². The maximum absolute atomic E-state index is 13.0. The van der Waals surface area contributed by atoms with Crippen LogP contribution in [0.15, 0.2) is 42.5 Å². The van der Waals surface area contributed by atoms with E-state index < -0.39 is 24.0 Å². The molecule has 0 radical (unpaired) electrons. The lowest BCUT2D eigenvalue weighted by Crippen LogP contribution is -2.43. The van der Waals surface area contributed by atoms with Gasteiger partial charge in [0.25, 0.3) is 0 Å². The molecule has 2 aromatic rings. The van der Waals surface area contributed by atoms with Crippen molar-refractivity contribution >= 4 is 6.03 Å². The lowest BCUT2D eigenvalue weighted by atomic mass is 10.1.